The predicted molar refractivity (Wildman–Crippen MR) is 86.2 cm³/mol. The topological polar surface area (TPSA) is 52.6 Å². The zero-order valence-electron chi connectivity index (χ0n) is 12.7. The fourth-order valence-corrected chi connectivity index (χ4v) is 2.52. The molecule has 0 radical (unpaired) electrons. The number of hydrogen-bond acceptors (Lipinski definition) is 3. The van der Waals surface area contributed by atoms with Gasteiger partial charge in [0.2, 0.25) is 5.91 Å². The number of benzene rings is 1. The number of carbonyl (C=O) groups excluding carboxylic acids is 1. The Morgan fingerprint density at radius 2 is 1.81 bits per heavy atom. The van der Waals surface area contributed by atoms with Gasteiger partial charge in [-0.2, -0.15) is 0 Å². The summed E-state index contributed by atoms with van der Waals surface area (Å²) in [6, 6.07) is 8.24. The van der Waals surface area contributed by atoms with Crippen LogP contribution in [0.3, 0.4) is 0 Å². The first-order valence-corrected chi connectivity index (χ1v) is 7.48. The second-order valence-electron chi connectivity index (χ2n) is 5.83. The van der Waals surface area contributed by atoms with Crippen molar-refractivity contribution in [2.45, 2.75) is 37.8 Å². The van der Waals surface area contributed by atoms with E-state index in [0.717, 1.165) is 36.9 Å². The lowest BCUT2D eigenvalue weighted by atomic mass is 9.93. The van der Waals surface area contributed by atoms with Crippen LogP contribution in [0.15, 0.2) is 30.3 Å². The number of hydrogen-bond donors (Lipinski definition) is 2. The normalized spacial score (nSPS) is 22.2. The highest BCUT2D eigenvalue weighted by molar-refractivity contribution is 5.91. The van der Waals surface area contributed by atoms with Gasteiger partial charge in [-0.25, -0.2) is 0 Å². The van der Waals surface area contributed by atoms with E-state index in [1.807, 2.05) is 49.3 Å². The standard InChI is InChI=1S/C17H24N2O2/c1-19(2)15-8-3-13(4-9-15)5-12-17(21)18-14-6-10-16(20)11-7-14/h3-5,8-9,12,14,16,20H,6-7,10-11H2,1-2H3,(H,18,21)/b12-5+. The SMILES string of the molecule is CN(C)c1ccc(/C=C/C(=O)NC2CCC(O)CC2)cc1. The summed E-state index contributed by atoms with van der Waals surface area (Å²) < 4.78 is 0. The third-order valence-corrected chi connectivity index (χ3v) is 3.88. The maximum atomic E-state index is 11.9. The van der Waals surface area contributed by atoms with E-state index >= 15 is 0 Å². The van der Waals surface area contributed by atoms with Gasteiger partial charge in [0.05, 0.1) is 6.10 Å². The lowest BCUT2D eigenvalue weighted by molar-refractivity contribution is -0.117. The first kappa shape index (κ1) is 15.6. The Bertz CT molecular complexity index is 486. The summed E-state index contributed by atoms with van der Waals surface area (Å²) >= 11 is 0. The van der Waals surface area contributed by atoms with E-state index in [1.54, 1.807) is 6.08 Å². The average Bonchev–Trinajstić information content (AvgIpc) is 2.48. The monoisotopic (exact) mass is 288 g/mol. The van der Waals surface area contributed by atoms with E-state index < -0.39 is 0 Å². The van der Waals surface area contributed by atoms with Gasteiger partial charge in [-0.05, 0) is 49.5 Å². The fraction of sp³-hybridized carbons (Fsp3) is 0.471. The molecule has 0 atom stereocenters. The molecule has 1 aromatic rings. The van der Waals surface area contributed by atoms with Crippen LogP contribution in [0.4, 0.5) is 5.69 Å². The average molecular weight is 288 g/mol. The maximum Gasteiger partial charge on any atom is 0.244 e. The molecule has 0 spiro atoms. The van der Waals surface area contributed by atoms with Crippen LogP contribution in [0.25, 0.3) is 6.08 Å². The Morgan fingerprint density at radius 1 is 1.19 bits per heavy atom. The largest absolute Gasteiger partial charge is 0.393 e. The molecule has 1 amide bonds. The number of aliphatic hydroxyl groups excluding tert-OH is 1. The highest BCUT2D eigenvalue weighted by Crippen LogP contribution is 2.18. The molecule has 0 heterocycles. The minimum Gasteiger partial charge on any atom is -0.393 e. The summed E-state index contributed by atoms with van der Waals surface area (Å²) in [5, 5.41) is 12.4. The second-order valence-corrected chi connectivity index (χ2v) is 5.83. The first-order valence-electron chi connectivity index (χ1n) is 7.48. The lowest BCUT2D eigenvalue weighted by Crippen LogP contribution is -2.37. The molecule has 0 saturated heterocycles. The van der Waals surface area contributed by atoms with Crippen molar-refractivity contribution < 1.29 is 9.90 Å². The Labute approximate surface area is 126 Å². The Morgan fingerprint density at radius 3 is 2.38 bits per heavy atom. The van der Waals surface area contributed by atoms with Gasteiger partial charge in [0.25, 0.3) is 0 Å². The fourth-order valence-electron chi connectivity index (χ4n) is 2.52. The smallest absolute Gasteiger partial charge is 0.244 e. The van der Waals surface area contributed by atoms with E-state index in [2.05, 4.69) is 5.32 Å². The third-order valence-electron chi connectivity index (χ3n) is 3.88. The highest BCUT2D eigenvalue weighted by atomic mass is 16.3. The van der Waals surface area contributed by atoms with Crippen molar-refractivity contribution in [2.24, 2.45) is 0 Å². The summed E-state index contributed by atoms with van der Waals surface area (Å²) in [7, 11) is 4.00. The van der Waals surface area contributed by atoms with Gasteiger partial charge in [0, 0.05) is 31.9 Å². The van der Waals surface area contributed by atoms with Crippen molar-refractivity contribution >= 4 is 17.7 Å². The van der Waals surface area contributed by atoms with Gasteiger partial charge in [0.15, 0.2) is 0 Å². The summed E-state index contributed by atoms with van der Waals surface area (Å²) in [6.45, 7) is 0. The van der Waals surface area contributed by atoms with Gasteiger partial charge in [-0.15, -0.1) is 0 Å². The molecule has 1 aliphatic rings. The van der Waals surface area contributed by atoms with Crippen LogP contribution in [-0.2, 0) is 4.79 Å². The number of nitrogens with one attached hydrogen (secondary N) is 1. The summed E-state index contributed by atoms with van der Waals surface area (Å²) in [6.07, 6.45) is 6.49. The molecule has 0 unspecified atom stereocenters. The maximum absolute atomic E-state index is 11.9. The minimum atomic E-state index is -0.191. The quantitative estimate of drug-likeness (QED) is 0.835. The molecule has 1 aliphatic carbocycles. The molecule has 2 N–H and O–H groups in total. The number of carbonyl (C=O) groups is 1. The molecule has 1 fully saturated rings. The Balaban J connectivity index is 1.84. The number of amides is 1. The van der Waals surface area contributed by atoms with Gasteiger partial charge in [0.1, 0.15) is 0 Å². The number of anilines is 1. The molecule has 1 saturated carbocycles. The van der Waals surface area contributed by atoms with Crippen molar-refractivity contribution in [3.63, 3.8) is 0 Å². The zero-order valence-corrected chi connectivity index (χ0v) is 12.7. The number of rotatable bonds is 4. The van der Waals surface area contributed by atoms with Crippen LogP contribution in [0, 0.1) is 0 Å². The molecule has 1 aromatic carbocycles. The van der Waals surface area contributed by atoms with Crippen molar-refractivity contribution in [3.05, 3.63) is 35.9 Å². The molecule has 0 aromatic heterocycles. The molecule has 114 valence electrons. The summed E-state index contributed by atoms with van der Waals surface area (Å²) in [5.41, 5.74) is 2.15. The van der Waals surface area contributed by atoms with E-state index in [1.165, 1.54) is 0 Å². The molecule has 4 heteroatoms. The minimum absolute atomic E-state index is 0.0620. The second kappa shape index (κ2) is 7.27. The first-order chi connectivity index (χ1) is 10.0. The molecular weight excluding hydrogens is 264 g/mol. The van der Waals surface area contributed by atoms with Crippen LogP contribution in [0.1, 0.15) is 31.2 Å². The highest BCUT2D eigenvalue weighted by Gasteiger charge is 2.19. The van der Waals surface area contributed by atoms with Crippen LogP contribution in [0.2, 0.25) is 0 Å². The molecule has 0 aliphatic heterocycles. The molecule has 2 rings (SSSR count). The van der Waals surface area contributed by atoms with Gasteiger partial charge in [-0.1, -0.05) is 12.1 Å². The molecule has 21 heavy (non-hydrogen) atoms. The molecule has 0 bridgehead atoms. The summed E-state index contributed by atoms with van der Waals surface area (Å²) in [4.78, 5) is 13.9. The number of aliphatic hydroxyl groups is 1. The molecular formula is C17H24N2O2. The van der Waals surface area contributed by atoms with E-state index in [4.69, 9.17) is 0 Å². The molecule has 4 nitrogen and oxygen atoms in total. The van der Waals surface area contributed by atoms with Gasteiger partial charge >= 0.3 is 0 Å². The van der Waals surface area contributed by atoms with E-state index in [-0.39, 0.29) is 18.1 Å². The van der Waals surface area contributed by atoms with Crippen LogP contribution in [0.5, 0.6) is 0 Å². The Kier molecular flexibility index (Phi) is 5.39. The predicted octanol–water partition coefficient (Wildman–Crippen LogP) is 2.19. The van der Waals surface area contributed by atoms with Crippen LogP contribution in [-0.4, -0.2) is 37.3 Å². The van der Waals surface area contributed by atoms with E-state index in [9.17, 15) is 9.90 Å². The van der Waals surface area contributed by atoms with Crippen LogP contribution < -0.4 is 10.2 Å². The van der Waals surface area contributed by atoms with Crippen molar-refractivity contribution in [2.75, 3.05) is 19.0 Å². The van der Waals surface area contributed by atoms with Crippen LogP contribution >= 0.6 is 0 Å². The van der Waals surface area contributed by atoms with Gasteiger partial charge < -0.3 is 15.3 Å². The van der Waals surface area contributed by atoms with Crippen molar-refractivity contribution in [1.29, 1.82) is 0 Å². The van der Waals surface area contributed by atoms with Crippen molar-refractivity contribution in [3.8, 4) is 0 Å². The van der Waals surface area contributed by atoms with Crippen molar-refractivity contribution in [1.82, 2.24) is 5.32 Å². The number of nitrogens with zero attached hydrogens (tertiary/aromatic N) is 1. The summed E-state index contributed by atoms with van der Waals surface area (Å²) in [5.74, 6) is -0.0620. The zero-order chi connectivity index (χ0) is 15.2. The lowest BCUT2D eigenvalue weighted by Gasteiger charge is -2.25. The third kappa shape index (κ3) is 4.90. The Hall–Kier alpha value is -1.81. The van der Waals surface area contributed by atoms with Gasteiger partial charge in [-0.3, -0.25) is 4.79 Å². The van der Waals surface area contributed by atoms with E-state index in [0.29, 0.717) is 0 Å².